The molecule has 0 saturated carbocycles. The van der Waals surface area contributed by atoms with Gasteiger partial charge in [-0.2, -0.15) is 0 Å². The number of ether oxygens (including phenoxy) is 1. The van der Waals surface area contributed by atoms with Gasteiger partial charge in [-0.15, -0.1) is 0 Å². The largest absolute Gasteiger partial charge is 0.492 e. The summed E-state index contributed by atoms with van der Waals surface area (Å²) in [5, 5.41) is 11.7. The van der Waals surface area contributed by atoms with Crippen LogP contribution < -0.4 is 10.1 Å². The molecule has 0 atom stereocenters. The van der Waals surface area contributed by atoms with E-state index < -0.39 is 0 Å². The number of aliphatic hydroxyl groups is 1. The smallest absolute Gasteiger partial charge is 0.317 e. The molecule has 2 rings (SSSR count). The van der Waals surface area contributed by atoms with Gasteiger partial charge in [-0.25, -0.2) is 4.79 Å². The van der Waals surface area contributed by atoms with Crippen LogP contribution in [0.3, 0.4) is 0 Å². The third-order valence-corrected chi connectivity index (χ3v) is 2.66. The molecule has 17 heavy (non-hydrogen) atoms. The molecule has 0 unspecified atom stereocenters. The number of hydrogen-bond donors (Lipinski definition) is 2. The molecular weight excluding hydrogens is 220 g/mol. The molecule has 1 aromatic carbocycles. The highest BCUT2D eigenvalue weighted by Crippen LogP contribution is 2.13. The van der Waals surface area contributed by atoms with Crippen molar-refractivity contribution in [1.29, 1.82) is 0 Å². The number of nitrogens with one attached hydrogen (secondary N) is 1. The van der Waals surface area contributed by atoms with Gasteiger partial charge in [0.05, 0.1) is 13.2 Å². The minimum absolute atomic E-state index is 0.00569. The van der Waals surface area contributed by atoms with E-state index in [0.29, 0.717) is 19.7 Å². The van der Waals surface area contributed by atoms with E-state index in [9.17, 15) is 4.79 Å². The highest BCUT2D eigenvalue weighted by atomic mass is 16.5. The number of rotatable bonds is 5. The number of carbonyl (C=O) groups excluding carboxylic acids is 1. The molecule has 1 saturated heterocycles. The van der Waals surface area contributed by atoms with Crippen molar-refractivity contribution in [1.82, 2.24) is 10.2 Å². The number of aliphatic hydroxyl groups excluding tert-OH is 1. The third kappa shape index (κ3) is 3.10. The van der Waals surface area contributed by atoms with Crippen LogP contribution in [0.2, 0.25) is 0 Å². The summed E-state index contributed by atoms with van der Waals surface area (Å²) in [7, 11) is 0. The van der Waals surface area contributed by atoms with Gasteiger partial charge in [-0.1, -0.05) is 12.1 Å². The normalized spacial score (nSPS) is 14.9. The van der Waals surface area contributed by atoms with E-state index in [1.54, 1.807) is 11.0 Å². The molecule has 0 spiro atoms. The topological polar surface area (TPSA) is 61.8 Å². The molecule has 5 heteroatoms. The lowest BCUT2D eigenvalue weighted by Gasteiger charge is -2.14. The minimum Gasteiger partial charge on any atom is -0.492 e. The van der Waals surface area contributed by atoms with Crippen LogP contribution >= 0.6 is 0 Å². The summed E-state index contributed by atoms with van der Waals surface area (Å²) in [4.78, 5) is 13.0. The van der Waals surface area contributed by atoms with Gasteiger partial charge in [-0.05, 0) is 17.7 Å². The molecule has 1 heterocycles. The van der Waals surface area contributed by atoms with E-state index in [0.717, 1.165) is 17.9 Å². The average molecular weight is 236 g/mol. The van der Waals surface area contributed by atoms with Gasteiger partial charge in [0.2, 0.25) is 0 Å². The zero-order valence-corrected chi connectivity index (χ0v) is 9.56. The maximum Gasteiger partial charge on any atom is 0.317 e. The van der Waals surface area contributed by atoms with Crippen LogP contribution in [0, 0.1) is 0 Å². The van der Waals surface area contributed by atoms with Crippen LogP contribution in [0.4, 0.5) is 4.79 Å². The Balaban J connectivity index is 1.79. The minimum atomic E-state index is -0.0299. The van der Waals surface area contributed by atoms with E-state index in [-0.39, 0.29) is 12.6 Å². The fourth-order valence-corrected chi connectivity index (χ4v) is 1.73. The SMILES string of the molecule is O=C1NCCN1CCOc1cccc(CO)c1. The predicted molar refractivity (Wildman–Crippen MR) is 62.8 cm³/mol. The third-order valence-electron chi connectivity index (χ3n) is 2.66. The molecule has 1 aliphatic heterocycles. The molecule has 2 amide bonds. The Morgan fingerprint density at radius 2 is 2.35 bits per heavy atom. The van der Waals surface area contributed by atoms with Crippen molar-refractivity contribution >= 4 is 6.03 Å². The molecule has 0 bridgehead atoms. The Morgan fingerprint density at radius 3 is 3.06 bits per heavy atom. The molecule has 1 aromatic rings. The second-order valence-electron chi connectivity index (χ2n) is 3.87. The summed E-state index contributed by atoms with van der Waals surface area (Å²) in [5.74, 6) is 0.719. The lowest BCUT2D eigenvalue weighted by atomic mass is 10.2. The summed E-state index contributed by atoms with van der Waals surface area (Å²) in [6.45, 7) is 2.49. The fraction of sp³-hybridized carbons (Fsp3) is 0.417. The summed E-state index contributed by atoms with van der Waals surface area (Å²) >= 11 is 0. The number of hydrogen-bond acceptors (Lipinski definition) is 3. The van der Waals surface area contributed by atoms with E-state index >= 15 is 0 Å². The van der Waals surface area contributed by atoms with Crippen LogP contribution in [0.5, 0.6) is 5.75 Å². The quantitative estimate of drug-likeness (QED) is 0.786. The monoisotopic (exact) mass is 236 g/mol. The summed E-state index contributed by atoms with van der Waals surface area (Å²) in [6, 6.07) is 7.27. The molecular formula is C12H16N2O3. The van der Waals surface area contributed by atoms with Crippen molar-refractivity contribution in [3.63, 3.8) is 0 Å². The Labute approximate surface area is 100.0 Å². The number of nitrogens with zero attached hydrogens (tertiary/aromatic N) is 1. The van der Waals surface area contributed by atoms with Gasteiger partial charge < -0.3 is 20.1 Å². The number of benzene rings is 1. The first-order valence-corrected chi connectivity index (χ1v) is 5.65. The zero-order chi connectivity index (χ0) is 12.1. The van der Waals surface area contributed by atoms with Crippen molar-refractivity contribution in [3.8, 4) is 5.75 Å². The van der Waals surface area contributed by atoms with E-state index in [2.05, 4.69) is 5.32 Å². The Hall–Kier alpha value is -1.75. The fourth-order valence-electron chi connectivity index (χ4n) is 1.73. The van der Waals surface area contributed by atoms with E-state index in [1.165, 1.54) is 0 Å². The molecule has 0 radical (unpaired) electrons. The van der Waals surface area contributed by atoms with Gasteiger partial charge in [0, 0.05) is 13.1 Å². The highest BCUT2D eigenvalue weighted by molar-refractivity contribution is 5.76. The molecule has 1 fully saturated rings. The lowest BCUT2D eigenvalue weighted by molar-refractivity contribution is 0.202. The van der Waals surface area contributed by atoms with Gasteiger partial charge in [0.1, 0.15) is 12.4 Å². The zero-order valence-electron chi connectivity index (χ0n) is 9.56. The summed E-state index contributed by atoms with van der Waals surface area (Å²) < 4.78 is 5.53. The average Bonchev–Trinajstić information content (AvgIpc) is 2.76. The van der Waals surface area contributed by atoms with Crippen LogP contribution in [-0.2, 0) is 6.61 Å². The van der Waals surface area contributed by atoms with Crippen LogP contribution in [0.15, 0.2) is 24.3 Å². The number of urea groups is 1. The van der Waals surface area contributed by atoms with Gasteiger partial charge in [-0.3, -0.25) is 0 Å². The van der Waals surface area contributed by atoms with E-state index in [1.807, 2.05) is 18.2 Å². The van der Waals surface area contributed by atoms with Crippen LogP contribution in [0.1, 0.15) is 5.56 Å². The van der Waals surface area contributed by atoms with Crippen molar-refractivity contribution in [2.75, 3.05) is 26.2 Å². The highest BCUT2D eigenvalue weighted by Gasteiger charge is 2.18. The molecule has 2 N–H and O–H groups in total. The van der Waals surface area contributed by atoms with Crippen molar-refractivity contribution in [2.24, 2.45) is 0 Å². The van der Waals surface area contributed by atoms with Gasteiger partial charge >= 0.3 is 6.03 Å². The van der Waals surface area contributed by atoms with Gasteiger partial charge in [0.25, 0.3) is 0 Å². The molecule has 0 aliphatic carbocycles. The van der Waals surface area contributed by atoms with Crippen LogP contribution in [0.25, 0.3) is 0 Å². The van der Waals surface area contributed by atoms with Gasteiger partial charge in [0.15, 0.2) is 0 Å². The van der Waals surface area contributed by atoms with Crippen LogP contribution in [-0.4, -0.2) is 42.3 Å². The summed E-state index contributed by atoms with van der Waals surface area (Å²) in [5.41, 5.74) is 0.821. The standard InChI is InChI=1S/C12H16N2O3/c15-9-10-2-1-3-11(8-10)17-7-6-14-5-4-13-12(14)16/h1-3,8,15H,4-7,9H2,(H,13,16). The summed E-state index contributed by atoms with van der Waals surface area (Å²) in [6.07, 6.45) is 0. The molecule has 92 valence electrons. The Kier molecular flexibility index (Phi) is 3.82. The second-order valence-corrected chi connectivity index (χ2v) is 3.87. The Bertz CT molecular complexity index is 395. The maximum absolute atomic E-state index is 11.2. The predicted octanol–water partition coefficient (Wildman–Crippen LogP) is 0.583. The first-order chi connectivity index (χ1) is 8.29. The first kappa shape index (κ1) is 11.7. The maximum atomic E-state index is 11.2. The first-order valence-electron chi connectivity index (χ1n) is 5.65. The lowest BCUT2D eigenvalue weighted by Crippen LogP contribution is -2.31. The Morgan fingerprint density at radius 1 is 1.47 bits per heavy atom. The molecule has 1 aliphatic rings. The number of amides is 2. The molecule has 0 aromatic heterocycles. The van der Waals surface area contributed by atoms with Crippen molar-refractivity contribution in [3.05, 3.63) is 29.8 Å². The van der Waals surface area contributed by atoms with Crippen molar-refractivity contribution in [2.45, 2.75) is 6.61 Å². The second kappa shape index (κ2) is 5.54. The van der Waals surface area contributed by atoms with E-state index in [4.69, 9.17) is 9.84 Å². The number of carbonyl (C=O) groups is 1. The van der Waals surface area contributed by atoms with Crippen molar-refractivity contribution < 1.29 is 14.6 Å². The molecule has 5 nitrogen and oxygen atoms in total.